The van der Waals surface area contributed by atoms with Gasteiger partial charge in [0.15, 0.2) is 0 Å². The van der Waals surface area contributed by atoms with E-state index in [1.807, 2.05) is 30.3 Å². The molecule has 1 heterocycles. The average molecular weight is 335 g/mol. The van der Waals surface area contributed by atoms with Crippen LogP contribution < -0.4 is 0 Å². The highest BCUT2D eigenvalue weighted by Gasteiger charge is 2.19. The number of phenolic OH excluding ortho intramolecular Hbond substituents is 1. The van der Waals surface area contributed by atoms with Gasteiger partial charge in [-0.05, 0) is 42.3 Å². The maximum absolute atomic E-state index is 12.7. The Labute approximate surface area is 144 Å². The first-order valence-corrected chi connectivity index (χ1v) is 7.79. The molecule has 0 bridgehead atoms. The quantitative estimate of drug-likeness (QED) is 0.714. The smallest absolute Gasteiger partial charge is 0.307 e. The second-order valence-electron chi connectivity index (χ2n) is 5.75. The normalized spacial score (nSPS) is 11.2. The highest BCUT2D eigenvalue weighted by atomic mass is 16.4. The van der Waals surface area contributed by atoms with Gasteiger partial charge in [0.2, 0.25) is 0 Å². The summed E-state index contributed by atoms with van der Waals surface area (Å²) in [6, 6.07) is 14.0. The van der Waals surface area contributed by atoms with Crippen molar-refractivity contribution in [2.24, 2.45) is 0 Å². The minimum Gasteiger partial charge on any atom is -0.508 e. The van der Waals surface area contributed by atoms with Crippen molar-refractivity contribution in [3.63, 3.8) is 0 Å². The lowest BCUT2D eigenvalue weighted by Gasteiger charge is -2.04. The Kier molecular flexibility index (Phi) is 4.39. The van der Waals surface area contributed by atoms with Crippen molar-refractivity contribution in [3.05, 3.63) is 71.4 Å². The molecule has 0 unspecified atom stereocenters. The zero-order valence-electron chi connectivity index (χ0n) is 13.6. The number of hydrogen-bond donors (Lipinski definition) is 2. The Hall–Kier alpha value is -3.34. The topological polar surface area (TPSA) is 79.5 Å². The molecule has 0 fully saturated rings. The summed E-state index contributed by atoms with van der Waals surface area (Å²) < 4.78 is 1.48. The van der Waals surface area contributed by atoms with E-state index >= 15 is 0 Å². The van der Waals surface area contributed by atoms with Crippen molar-refractivity contribution < 1.29 is 19.8 Å². The molecule has 5 nitrogen and oxygen atoms in total. The van der Waals surface area contributed by atoms with E-state index < -0.39 is 5.97 Å². The molecule has 25 heavy (non-hydrogen) atoms. The van der Waals surface area contributed by atoms with Crippen LogP contribution >= 0.6 is 0 Å². The summed E-state index contributed by atoms with van der Waals surface area (Å²) in [6.07, 6.45) is 2.96. The number of carbonyl (C=O) groups is 2. The van der Waals surface area contributed by atoms with Gasteiger partial charge in [0.25, 0.3) is 5.91 Å². The number of fused-ring (bicyclic) bond motifs is 1. The second-order valence-corrected chi connectivity index (χ2v) is 5.75. The third-order valence-corrected chi connectivity index (χ3v) is 4.08. The molecule has 0 aliphatic rings. The molecule has 0 spiro atoms. The molecular weight excluding hydrogens is 318 g/mol. The summed E-state index contributed by atoms with van der Waals surface area (Å²) in [4.78, 5) is 23.9. The van der Waals surface area contributed by atoms with Gasteiger partial charge in [-0.15, -0.1) is 0 Å². The Morgan fingerprint density at radius 3 is 2.52 bits per heavy atom. The first-order chi connectivity index (χ1) is 12.0. The van der Waals surface area contributed by atoms with Crippen LogP contribution in [0.3, 0.4) is 0 Å². The lowest BCUT2D eigenvalue weighted by Crippen LogP contribution is -2.10. The first-order valence-electron chi connectivity index (χ1n) is 7.79. The van der Waals surface area contributed by atoms with Crippen molar-refractivity contribution in [1.82, 2.24) is 4.57 Å². The molecule has 1 aromatic heterocycles. The van der Waals surface area contributed by atoms with Gasteiger partial charge >= 0.3 is 5.97 Å². The van der Waals surface area contributed by atoms with Crippen molar-refractivity contribution >= 4 is 28.9 Å². The van der Waals surface area contributed by atoms with Crippen LogP contribution in [-0.2, 0) is 11.2 Å². The molecule has 0 amide bonds. The van der Waals surface area contributed by atoms with Crippen molar-refractivity contribution in [2.45, 2.75) is 13.3 Å². The van der Waals surface area contributed by atoms with Crippen molar-refractivity contribution in [2.75, 3.05) is 0 Å². The number of carbonyl (C=O) groups excluding carboxylic acids is 1. The number of phenols is 1. The minimum absolute atomic E-state index is 0.0311. The molecule has 0 aliphatic carbocycles. The first kappa shape index (κ1) is 16.5. The van der Waals surface area contributed by atoms with Gasteiger partial charge in [0.05, 0.1) is 11.9 Å². The van der Waals surface area contributed by atoms with Gasteiger partial charge in [-0.2, -0.15) is 0 Å². The largest absolute Gasteiger partial charge is 0.508 e. The van der Waals surface area contributed by atoms with Crippen LogP contribution in [0.2, 0.25) is 0 Å². The molecule has 3 rings (SSSR count). The van der Waals surface area contributed by atoms with Crippen LogP contribution in [-0.4, -0.2) is 26.7 Å². The van der Waals surface area contributed by atoms with Gasteiger partial charge in [0, 0.05) is 17.2 Å². The zero-order valence-corrected chi connectivity index (χ0v) is 13.6. The van der Waals surface area contributed by atoms with E-state index in [0.29, 0.717) is 22.2 Å². The molecule has 126 valence electrons. The number of aliphatic carboxylic acids is 1. The van der Waals surface area contributed by atoms with Gasteiger partial charge in [-0.25, -0.2) is 0 Å². The molecule has 2 N–H and O–H groups in total. The highest BCUT2D eigenvalue weighted by molar-refractivity contribution is 6.03. The molecule has 0 atom stereocenters. The number of allylic oxidation sites excluding steroid dienone is 1. The maximum Gasteiger partial charge on any atom is 0.307 e. The Bertz CT molecular complexity index is 984. The number of rotatable bonds is 4. The van der Waals surface area contributed by atoms with E-state index in [-0.39, 0.29) is 18.1 Å². The lowest BCUT2D eigenvalue weighted by atomic mass is 10.1. The summed E-state index contributed by atoms with van der Waals surface area (Å²) >= 11 is 0. The monoisotopic (exact) mass is 335 g/mol. The van der Waals surface area contributed by atoms with Crippen molar-refractivity contribution in [1.29, 1.82) is 0 Å². The summed E-state index contributed by atoms with van der Waals surface area (Å²) in [5, 5.41) is 19.4. The summed E-state index contributed by atoms with van der Waals surface area (Å²) in [5.74, 6) is -1.23. The fourth-order valence-corrected chi connectivity index (χ4v) is 2.94. The summed E-state index contributed by atoms with van der Waals surface area (Å²) in [5.41, 5.74) is 2.56. The van der Waals surface area contributed by atoms with Crippen LogP contribution in [0, 0.1) is 6.92 Å². The number of carboxylic acid groups (broad SMARTS) is 1. The predicted octanol–water partition coefficient (Wildman–Crippen LogP) is 3.64. The number of nitrogens with zero attached hydrogens (tertiary/aromatic N) is 1. The van der Waals surface area contributed by atoms with Crippen LogP contribution in [0.15, 0.2) is 54.6 Å². The maximum atomic E-state index is 12.7. The minimum atomic E-state index is -0.988. The molecule has 2 aromatic carbocycles. The molecule has 0 saturated heterocycles. The third-order valence-electron chi connectivity index (χ3n) is 4.08. The van der Waals surface area contributed by atoms with Crippen molar-refractivity contribution in [3.8, 4) is 5.75 Å². The fourth-order valence-electron chi connectivity index (χ4n) is 2.94. The Morgan fingerprint density at radius 2 is 1.84 bits per heavy atom. The predicted molar refractivity (Wildman–Crippen MR) is 95.8 cm³/mol. The summed E-state index contributed by atoms with van der Waals surface area (Å²) in [7, 11) is 0. The highest BCUT2D eigenvalue weighted by Crippen LogP contribution is 2.29. The van der Waals surface area contributed by atoms with Gasteiger partial charge < -0.3 is 10.2 Å². The number of aromatic hydroxyl groups is 1. The van der Waals surface area contributed by atoms with Crippen LogP contribution in [0.4, 0.5) is 0 Å². The van der Waals surface area contributed by atoms with Gasteiger partial charge in [0.1, 0.15) is 5.75 Å². The molecule has 0 aliphatic heterocycles. The Balaban J connectivity index is 2.09. The number of hydrogen-bond acceptors (Lipinski definition) is 3. The van der Waals surface area contributed by atoms with Gasteiger partial charge in [-0.3, -0.25) is 14.2 Å². The van der Waals surface area contributed by atoms with E-state index in [9.17, 15) is 14.7 Å². The van der Waals surface area contributed by atoms with Crippen LogP contribution in [0.5, 0.6) is 5.75 Å². The zero-order chi connectivity index (χ0) is 18.0. The van der Waals surface area contributed by atoms with E-state index in [4.69, 9.17) is 5.11 Å². The Morgan fingerprint density at radius 1 is 1.12 bits per heavy atom. The van der Waals surface area contributed by atoms with Crippen LogP contribution in [0.25, 0.3) is 17.0 Å². The molecule has 0 radical (unpaired) electrons. The number of aromatic nitrogens is 1. The molecule has 3 aromatic rings. The van der Waals surface area contributed by atoms with Gasteiger partial charge in [-0.1, -0.05) is 30.3 Å². The van der Waals surface area contributed by atoms with E-state index in [1.54, 1.807) is 19.1 Å². The van der Waals surface area contributed by atoms with Crippen LogP contribution in [0.1, 0.15) is 21.6 Å². The standard InChI is InChI=1S/C20H17NO4/c1-13-16(12-20(24)25)17-11-15(22)8-9-18(17)21(13)19(23)10-7-14-5-3-2-4-6-14/h2-11,22H,12H2,1H3,(H,24,25)/b10-7+. The van der Waals surface area contributed by atoms with E-state index in [1.165, 1.54) is 22.8 Å². The van der Waals surface area contributed by atoms with E-state index in [2.05, 4.69) is 0 Å². The number of carboxylic acids is 1. The molecule has 0 saturated carbocycles. The average Bonchev–Trinajstić information content (AvgIpc) is 2.85. The molecular formula is C20H17NO4. The second kappa shape index (κ2) is 6.65. The van der Waals surface area contributed by atoms with E-state index in [0.717, 1.165) is 5.56 Å². The summed E-state index contributed by atoms with van der Waals surface area (Å²) in [6.45, 7) is 1.71. The number of benzene rings is 2. The third kappa shape index (κ3) is 3.30. The molecule has 5 heteroatoms. The SMILES string of the molecule is Cc1c(CC(=O)O)c2cc(O)ccc2n1C(=O)/C=C/c1ccccc1. The lowest BCUT2D eigenvalue weighted by molar-refractivity contribution is -0.136. The fraction of sp³-hybridized carbons (Fsp3) is 0.100.